The Labute approximate surface area is 217 Å². The Balaban J connectivity index is 1.81. The molecular formula is C24H35N5O5S2. The number of amides is 2. The molecule has 0 aromatic heterocycles. The largest absolute Gasteiger partial charge is 0.444 e. The van der Waals surface area contributed by atoms with Crippen LogP contribution in [-0.2, 0) is 19.4 Å². The molecule has 0 radical (unpaired) electrons. The number of azide groups is 1. The van der Waals surface area contributed by atoms with Crippen LogP contribution in [0.2, 0.25) is 0 Å². The maximum Gasteiger partial charge on any atom is 0.408 e. The minimum Gasteiger partial charge on any atom is -0.444 e. The van der Waals surface area contributed by atoms with Gasteiger partial charge in [-0.15, -0.1) is 11.8 Å². The highest BCUT2D eigenvalue weighted by Crippen LogP contribution is 2.37. The van der Waals surface area contributed by atoms with Gasteiger partial charge in [0.1, 0.15) is 11.1 Å². The topological polar surface area (TPSA) is 142 Å². The molecule has 3 rings (SSSR count). The Hall–Kier alpha value is -2.43. The highest BCUT2D eigenvalue weighted by molar-refractivity contribution is 7.98. The number of hydrogen-bond donors (Lipinski definition) is 1. The van der Waals surface area contributed by atoms with Gasteiger partial charge < -0.3 is 15.0 Å². The van der Waals surface area contributed by atoms with E-state index in [0.717, 1.165) is 4.90 Å². The number of hydrogen-bond acceptors (Lipinski definition) is 7. The molecule has 1 aromatic carbocycles. The molecule has 198 valence electrons. The average Bonchev–Trinajstić information content (AvgIpc) is 3.06. The van der Waals surface area contributed by atoms with Crippen LogP contribution in [0.4, 0.5) is 4.79 Å². The fourth-order valence-electron chi connectivity index (χ4n) is 4.98. The van der Waals surface area contributed by atoms with Crippen LogP contribution >= 0.6 is 11.8 Å². The summed E-state index contributed by atoms with van der Waals surface area (Å²) in [6.45, 7) is 7.31. The van der Waals surface area contributed by atoms with E-state index in [1.54, 1.807) is 56.9 Å². The molecule has 1 aromatic rings. The molecule has 1 saturated carbocycles. The number of nitrogens with zero attached hydrogens (tertiary/aromatic N) is 4. The second kappa shape index (κ2) is 10.9. The van der Waals surface area contributed by atoms with Crippen LogP contribution in [0.15, 0.2) is 39.2 Å². The summed E-state index contributed by atoms with van der Waals surface area (Å²) in [5, 5.41) is 6.57. The first kappa shape index (κ1) is 28.1. The zero-order valence-corrected chi connectivity index (χ0v) is 23.1. The van der Waals surface area contributed by atoms with Crippen molar-refractivity contribution in [2.75, 3.05) is 18.6 Å². The Morgan fingerprint density at radius 1 is 1.31 bits per heavy atom. The highest BCUT2D eigenvalue weighted by atomic mass is 32.2. The summed E-state index contributed by atoms with van der Waals surface area (Å²) in [7, 11) is -3.64. The Morgan fingerprint density at radius 3 is 2.56 bits per heavy atom. The molecule has 12 heteroatoms. The van der Waals surface area contributed by atoms with Crippen LogP contribution in [0.5, 0.6) is 0 Å². The molecule has 2 fully saturated rings. The molecule has 36 heavy (non-hydrogen) atoms. The quantitative estimate of drug-likeness (QED) is 0.234. The summed E-state index contributed by atoms with van der Waals surface area (Å²) in [4.78, 5) is 31.7. The predicted molar refractivity (Wildman–Crippen MR) is 138 cm³/mol. The lowest BCUT2D eigenvalue weighted by molar-refractivity contribution is -0.136. The maximum atomic E-state index is 13.5. The third kappa shape index (κ3) is 6.66. The smallest absolute Gasteiger partial charge is 0.408 e. The van der Waals surface area contributed by atoms with Crippen molar-refractivity contribution in [3.63, 3.8) is 0 Å². The van der Waals surface area contributed by atoms with E-state index in [1.807, 2.05) is 6.26 Å². The van der Waals surface area contributed by atoms with Crippen LogP contribution < -0.4 is 5.32 Å². The number of carbonyl (C=O) groups is 2. The van der Waals surface area contributed by atoms with Crippen molar-refractivity contribution in [1.29, 1.82) is 0 Å². The fraction of sp³-hybridized carbons (Fsp3) is 0.667. The second-order valence-electron chi connectivity index (χ2n) is 10.7. The normalized spacial score (nSPS) is 26.9. The SMILES string of the molecule is CSc1ccc(S(=O)(=O)C[C@@H]2C[C@H](N=[N+]=[N-])CC[C@@H]2N2CC[C@](C)(NC(=O)OC(C)(C)C)C2=O)cc1. The van der Waals surface area contributed by atoms with Gasteiger partial charge in [0.25, 0.3) is 0 Å². The van der Waals surface area contributed by atoms with E-state index in [1.165, 1.54) is 11.8 Å². The van der Waals surface area contributed by atoms with Gasteiger partial charge in [0, 0.05) is 28.4 Å². The maximum absolute atomic E-state index is 13.5. The third-order valence-electron chi connectivity index (χ3n) is 6.74. The van der Waals surface area contributed by atoms with Crippen LogP contribution in [0, 0.1) is 5.92 Å². The molecule has 0 spiro atoms. The van der Waals surface area contributed by atoms with Gasteiger partial charge in [-0.2, -0.15) is 0 Å². The van der Waals surface area contributed by atoms with Crippen LogP contribution in [0.25, 0.3) is 10.4 Å². The Kier molecular flexibility index (Phi) is 8.52. The van der Waals surface area contributed by atoms with Crippen molar-refractivity contribution < 1.29 is 22.7 Å². The van der Waals surface area contributed by atoms with Gasteiger partial charge in [0.15, 0.2) is 9.84 Å². The highest BCUT2D eigenvalue weighted by Gasteiger charge is 2.49. The number of sulfone groups is 1. The number of carbonyl (C=O) groups excluding carboxylic acids is 2. The van der Waals surface area contributed by atoms with Crippen LogP contribution in [0.3, 0.4) is 0 Å². The fourth-order valence-corrected chi connectivity index (χ4v) is 7.06. The lowest BCUT2D eigenvalue weighted by Gasteiger charge is -2.40. The van der Waals surface area contributed by atoms with Gasteiger partial charge in [-0.05, 0) is 95.3 Å². The molecule has 1 aliphatic carbocycles. The van der Waals surface area contributed by atoms with Crippen molar-refractivity contribution >= 4 is 33.6 Å². The van der Waals surface area contributed by atoms with Crippen molar-refractivity contribution in [2.24, 2.45) is 11.0 Å². The van der Waals surface area contributed by atoms with Gasteiger partial charge in [-0.25, -0.2) is 13.2 Å². The van der Waals surface area contributed by atoms with Crippen molar-refractivity contribution in [3.8, 4) is 0 Å². The summed E-state index contributed by atoms with van der Waals surface area (Å²) >= 11 is 1.53. The molecule has 2 amide bonds. The first-order valence-electron chi connectivity index (χ1n) is 12.0. The lowest BCUT2D eigenvalue weighted by Crippen LogP contribution is -2.56. The lowest BCUT2D eigenvalue weighted by atomic mass is 9.82. The third-order valence-corrected chi connectivity index (χ3v) is 9.35. The van der Waals surface area contributed by atoms with E-state index in [9.17, 15) is 18.0 Å². The number of alkyl carbamates (subject to hydrolysis) is 1. The standard InChI is InChI=1S/C24H35N5O5S2/c1-23(2,3)34-22(31)26-24(4)12-13-29(21(24)30)20-11-6-17(27-28-25)14-16(20)15-36(32,33)19-9-7-18(35-5)8-10-19/h7-10,16-17,20H,6,11-15H2,1-5H3,(H,26,31)/t16-,17+,20-,24-/m0/s1. The van der Waals surface area contributed by atoms with Crippen molar-refractivity contribution in [1.82, 2.24) is 10.2 Å². The minimum absolute atomic E-state index is 0.159. The number of thioether (sulfide) groups is 1. The minimum atomic E-state index is -3.64. The number of nitrogens with one attached hydrogen (secondary N) is 1. The number of benzene rings is 1. The molecule has 1 heterocycles. The summed E-state index contributed by atoms with van der Waals surface area (Å²) < 4.78 is 32.0. The van der Waals surface area contributed by atoms with Gasteiger partial charge in [0.05, 0.1) is 10.6 Å². The van der Waals surface area contributed by atoms with Gasteiger partial charge in [-0.1, -0.05) is 5.11 Å². The molecule has 0 bridgehead atoms. The van der Waals surface area contributed by atoms with E-state index in [0.29, 0.717) is 32.2 Å². The number of ether oxygens (including phenoxy) is 1. The second-order valence-corrected chi connectivity index (χ2v) is 13.6. The molecule has 1 aliphatic heterocycles. The number of rotatable bonds is 7. The molecule has 1 saturated heterocycles. The molecule has 10 nitrogen and oxygen atoms in total. The molecule has 0 unspecified atom stereocenters. The molecule has 2 aliphatic rings. The Bertz CT molecular complexity index is 1130. The van der Waals surface area contributed by atoms with Crippen molar-refractivity contribution in [2.45, 2.75) is 86.4 Å². The first-order valence-corrected chi connectivity index (χ1v) is 14.9. The van der Waals surface area contributed by atoms with Gasteiger partial charge in [-0.3, -0.25) is 4.79 Å². The molecular weight excluding hydrogens is 502 g/mol. The van der Waals surface area contributed by atoms with Crippen LogP contribution in [-0.4, -0.2) is 67.1 Å². The summed E-state index contributed by atoms with van der Waals surface area (Å²) in [5.74, 6) is -0.826. The van der Waals surface area contributed by atoms with E-state index in [2.05, 4.69) is 15.3 Å². The molecule has 4 atom stereocenters. The van der Waals surface area contributed by atoms with E-state index >= 15 is 0 Å². The van der Waals surface area contributed by atoms with E-state index in [4.69, 9.17) is 10.3 Å². The Morgan fingerprint density at radius 2 is 1.97 bits per heavy atom. The van der Waals surface area contributed by atoms with E-state index < -0.39 is 33.0 Å². The average molecular weight is 538 g/mol. The summed E-state index contributed by atoms with van der Waals surface area (Å²) in [6, 6.07) is 6.09. The van der Waals surface area contributed by atoms with E-state index in [-0.39, 0.29) is 28.6 Å². The number of likely N-dealkylation sites (tertiary alicyclic amines) is 1. The zero-order valence-electron chi connectivity index (χ0n) is 21.4. The predicted octanol–water partition coefficient (Wildman–Crippen LogP) is 4.55. The zero-order chi connectivity index (χ0) is 26.7. The first-order chi connectivity index (χ1) is 16.8. The summed E-state index contributed by atoms with van der Waals surface area (Å²) in [5.41, 5.74) is 7.10. The monoisotopic (exact) mass is 537 g/mol. The van der Waals surface area contributed by atoms with Crippen molar-refractivity contribution in [3.05, 3.63) is 34.7 Å². The molecule has 1 N–H and O–H groups in total. The van der Waals surface area contributed by atoms with Crippen LogP contribution in [0.1, 0.15) is 53.4 Å². The van der Waals surface area contributed by atoms with Gasteiger partial charge in [0.2, 0.25) is 5.91 Å². The summed E-state index contributed by atoms with van der Waals surface area (Å²) in [6.07, 6.45) is 3.09. The van der Waals surface area contributed by atoms with Gasteiger partial charge >= 0.3 is 6.09 Å².